The highest BCUT2D eigenvalue weighted by Gasteiger charge is 2.52. The lowest BCUT2D eigenvalue weighted by atomic mass is 9.12. The zero-order valence-electron chi connectivity index (χ0n) is 31.4. The second-order valence-electron chi connectivity index (χ2n) is 13.6. The average Bonchev–Trinajstić information content (AvgIpc) is 3.25. The summed E-state index contributed by atoms with van der Waals surface area (Å²) in [5.74, 6) is -64.0. The van der Waals surface area contributed by atoms with Crippen LogP contribution in [0.2, 0.25) is 0 Å². The van der Waals surface area contributed by atoms with E-state index in [-0.39, 0.29) is 30.2 Å². The number of hydrogen-bond acceptors (Lipinski definition) is 2. The van der Waals surface area contributed by atoms with Gasteiger partial charge in [-0.15, -0.1) is 21.9 Å². The smallest absolute Gasteiger partial charge is 0.212 e. The number of benzene rings is 6. The van der Waals surface area contributed by atoms with Crippen LogP contribution in [0.25, 0.3) is 10.8 Å². The lowest BCUT2D eigenvalue weighted by molar-refractivity contribution is 0.102. The molecule has 2 nitrogen and oxygen atoms in total. The van der Waals surface area contributed by atoms with Gasteiger partial charge in [0.2, 0.25) is 5.78 Å². The van der Waals surface area contributed by atoms with Gasteiger partial charge in [0.1, 0.15) is 52.7 Å². The molecule has 0 radical (unpaired) electrons. The van der Waals surface area contributed by atoms with Crippen molar-refractivity contribution in [3.05, 3.63) is 164 Å². The largest absolute Gasteiger partial charge is 0.392 e. The lowest BCUT2D eigenvalue weighted by Gasteiger charge is -2.45. The Bertz CT molecular complexity index is 2490. The molecule has 0 saturated carbocycles. The number of carbonyl (C=O) groups is 1. The summed E-state index contributed by atoms with van der Waals surface area (Å²) in [5.41, 5.74) is -13.9. The second kappa shape index (κ2) is 17.8. The molecule has 0 amide bonds. The molecule has 0 spiro atoms. The van der Waals surface area contributed by atoms with Crippen molar-refractivity contribution in [3.63, 3.8) is 0 Å². The van der Waals surface area contributed by atoms with Crippen molar-refractivity contribution in [1.82, 2.24) is 0 Å². The molecule has 6 aromatic carbocycles. The van der Waals surface area contributed by atoms with Gasteiger partial charge >= 0.3 is 0 Å². The average molecular weight is 936 g/mol. The van der Waals surface area contributed by atoms with E-state index in [1.165, 1.54) is 0 Å². The van der Waals surface area contributed by atoms with Gasteiger partial charge in [-0.2, -0.15) is 0 Å². The third kappa shape index (κ3) is 7.55. The van der Waals surface area contributed by atoms with Gasteiger partial charge < -0.3 is 5.11 Å². The van der Waals surface area contributed by atoms with Crippen molar-refractivity contribution in [3.8, 4) is 0 Å². The van der Waals surface area contributed by atoms with Crippen molar-refractivity contribution in [2.45, 2.75) is 13.5 Å². The minimum absolute atomic E-state index is 0.000907. The van der Waals surface area contributed by atoms with E-state index in [0.29, 0.717) is 5.75 Å². The molecule has 23 heteroatoms. The minimum Gasteiger partial charge on any atom is -0.392 e. The summed E-state index contributed by atoms with van der Waals surface area (Å²) in [6.07, 6.45) is -2.91. The number of halogens is 19. The van der Waals surface area contributed by atoms with Gasteiger partial charge in [0.15, 0.2) is 69.7 Å². The predicted molar refractivity (Wildman–Crippen MR) is 192 cm³/mol. The first-order chi connectivity index (χ1) is 29.3. The van der Waals surface area contributed by atoms with Crippen LogP contribution in [0.15, 0.2) is 36.4 Å². The summed E-state index contributed by atoms with van der Waals surface area (Å²) in [7, 11) is 0.105. The van der Waals surface area contributed by atoms with E-state index >= 15 is 35.1 Å². The summed E-state index contributed by atoms with van der Waals surface area (Å²) in [6.45, 7) is 0.144. The number of rotatable bonds is 8. The van der Waals surface area contributed by atoms with E-state index in [0.717, 1.165) is 21.9 Å². The Morgan fingerprint density at radius 2 is 0.730 bits per heavy atom. The summed E-state index contributed by atoms with van der Waals surface area (Å²) in [6, 6.07) is 11.4. The second-order valence-corrected chi connectivity index (χ2v) is 15.9. The number of fused-ring (bicyclic) bond motifs is 1. The van der Waals surface area contributed by atoms with Gasteiger partial charge in [-0.1, -0.05) is 36.4 Å². The number of carbonyl (C=O) groups excluding carboxylic acids is 1. The molecule has 0 unspecified atom stereocenters. The van der Waals surface area contributed by atoms with Crippen LogP contribution in [-0.2, 0) is 17.5 Å². The normalized spacial score (nSPS) is 11.7. The third-order valence-corrected chi connectivity index (χ3v) is 10.7. The fourth-order valence-corrected chi connectivity index (χ4v) is 7.77. The van der Waals surface area contributed by atoms with Gasteiger partial charge in [0, 0.05) is 11.1 Å². The van der Waals surface area contributed by atoms with Crippen LogP contribution >= 0.6 is 0 Å². The lowest BCUT2D eigenvalue weighted by Crippen LogP contribution is -2.81. The first kappa shape index (κ1) is 48.3. The Kier molecular flexibility index (Phi) is 13.7. The van der Waals surface area contributed by atoms with E-state index in [9.17, 15) is 58.2 Å². The Balaban J connectivity index is 0.000000345. The first-order valence-corrected chi connectivity index (χ1v) is 19.3. The standard InChI is InChI=1S/C25H3BF19.C15H17O2S/c1-2-7(27)9(29)3(10(30)8(2)28)26(4-11(31)17(37)23(43)18(38)12(4)32,5-13(33)19(39)24(44)20(40)14(5)34)6-15(35)21(41)25(45)22(42)16(6)36;1-18(2)10-15(17)14-8-7-11(9-16)12-5-3-4-6-13(12)14/h1H3;3-8,16H,9-10H2,1-2H3/q-1;+1. The van der Waals surface area contributed by atoms with Crippen LogP contribution in [0.5, 0.6) is 0 Å². The zero-order valence-corrected chi connectivity index (χ0v) is 32.2. The Labute approximate surface area is 343 Å². The summed E-state index contributed by atoms with van der Waals surface area (Å²) in [4.78, 5) is 12.2. The van der Waals surface area contributed by atoms with Gasteiger partial charge in [-0.3, -0.25) is 4.79 Å². The van der Waals surface area contributed by atoms with Crippen LogP contribution in [0.3, 0.4) is 0 Å². The van der Waals surface area contributed by atoms with Crippen LogP contribution < -0.4 is 21.9 Å². The number of aliphatic hydroxyl groups is 1. The molecule has 0 bridgehead atoms. The molecule has 6 aromatic rings. The molecule has 1 N–H and O–H groups in total. The molecule has 0 aliphatic heterocycles. The molecular weight excluding hydrogens is 916 g/mol. The van der Waals surface area contributed by atoms with Gasteiger partial charge in [-0.05, 0) is 34.2 Å². The zero-order chi connectivity index (χ0) is 47.5. The molecule has 0 fully saturated rings. The monoisotopic (exact) mass is 936 g/mol. The third-order valence-electron chi connectivity index (χ3n) is 9.89. The first-order valence-electron chi connectivity index (χ1n) is 17.1. The van der Waals surface area contributed by atoms with Crippen molar-refractivity contribution in [1.29, 1.82) is 0 Å². The molecule has 0 aromatic heterocycles. The maximum Gasteiger partial charge on any atom is 0.212 e. The molecule has 0 heterocycles. The fourth-order valence-electron chi connectivity index (χ4n) is 7.09. The van der Waals surface area contributed by atoms with Gasteiger partial charge in [0.25, 0.3) is 0 Å². The SMILES string of the molecule is C[S+](C)CC(=O)c1ccc(CO)c2ccccc12.Cc1c(F)c(F)c([B-](c2c(F)c(F)c(F)c(F)c2F)(c2c(F)c(F)c(F)c(F)c2F)c2c(F)c(F)c(F)c(F)c2F)c(F)c1F. The van der Waals surface area contributed by atoms with Crippen LogP contribution in [0, 0.1) is 117 Å². The quantitative estimate of drug-likeness (QED) is 0.0416. The minimum atomic E-state index is -7.05. The van der Waals surface area contributed by atoms with Crippen molar-refractivity contribution >= 4 is 55.4 Å². The maximum absolute atomic E-state index is 15.6. The van der Waals surface area contributed by atoms with Crippen LogP contribution in [0.4, 0.5) is 83.4 Å². The Morgan fingerprint density at radius 1 is 0.444 bits per heavy atom. The van der Waals surface area contributed by atoms with Gasteiger partial charge in [-0.25, -0.2) is 83.4 Å². The molecular formula is C40H20BF19O2S. The topological polar surface area (TPSA) is 37.3 Å². The highest BCUT2D eigenvalue weighted by molar-refractivity contribution is 7.96. The Hall–Kier alpha value is -5.71. The fraction of sp³-hybridized carbons (Fsp3) is 0.125. The van der Waals surface area contributed by atoms with Crippen molar-refractivity contribution < 1.29 is 93.3 Å². The highest BCUT2D eigenvalue weighted by atomic mass is 32.2. The molecule has 0 saturated heterocycles. The molecule has 0 aliphatic rings. The number of Topliss-reactive ketones (excluding diaryl/α,β-unsaturated/α-hetero) is 1. The maximum atomic E-state index is 15.6. The van der Waals surface area contributed by atoms with E-state index in [1.54, 1.807) is 0 Å². The summed E-state index contributed by atoms with van der Waals surface area (Å²) < 4.78 is 282. The van der Waals surface area contributed by atoms with Crippen LogP contribution in [-0.4, -0.2) is 35.3 Å². The Morgan fingerprint density at radius 3 is 1.03 bits per heavy atom. The molecule has 6 rings (SSSR count). The molecule has 63 heavy (non-hydrogen) atoms. The summed E-state index contributed by atoms with van der Waals surface area (Å²) >= 11 is 0. The molecule has 334 valence electrons. The predicted octanol–water partition coefficient (Wildman–Crippen LogP) is 8.41. The van der Waals surface area contributed by atoms with Crippen molar-refractivity contribution in [2.24, 2.45) is 0 Å². The number of aliphatic hydroxyl groups excluding tert-OH is 1. The molecule has 0 aliphatic carbocycles. The number of ketones is 1. The van der Waals surface area contributed by atoms with E-state index in [2.05, 4.69) is 12.5 Å². The van der Waals surface area contributed by atoms with E-state index < -0.39 is 144 Å². The highest BCUT2D eigenvalue weighted by Crippen LogP contribution is 2.31. The van der Waals surface area contributed by atoms with E-state index in [1.807, 2.05) is 36.4 Å². The molecule has 0 atom stereocenters. The van der Waals surface area contributed by atoms with Gasteiger partial charge in [0.05, 0.1) is 19.1 Å². The summed E-state index contributed by atoms with van der Waals surface area (Å²) in [5, 5.41) is 11.2. The van der Waals surface area contributed by atoms with Crippen LogP contribution in [0.1, 0.15) is 21.5 Å². The number of hydrogen-bond donors (Lipinski definition) is 1. The van der Waals surface area contributed by atoms with E-state index in [4.69, 9.17) is 0 Å². The van der Waals surface area contributed by atoms with Crippen molar-refractivity contribution in [2.75, 3.05) is 18.3 Å².